The van der Waals surface area contributed by atoms with E-state index in [2.05, 4.69) is 35.1 Å². The molecular formula is C24H37N5O. The molecule has 1 aromatic rings. The number of aliphatic hydroxyl groups excluding tert-OH is 1. The summed E-state index contributed by atoms with van der Waals surface area (Å²) in [5.74, 6) is 0. The topological polar surface area (TPSA) is 97.7 Å². The van der Waals surface area contributed by atoms with Crippen LogP contribution in [0.3, 0.4) is 0 Å². The van der Waals surface area contributed by atoms with Crippen molar-refractivity contribution in [3.63, 3.8) is 0 Å². The fourth-order valence-electron chi connectivity index (χ4n) is 3.48. The summed E-state index contributed by atoms with van der Waals surface area (Å²) in [4.78, 5) is 6.79. The van der Waals surface area contributed by atoms with Crippen LogP contribution in [0.2, 0.25) is 0 Å². The van der Waals surface area contributed by atoms with Gasteiger partial charge in [-0.2, -0.15) is 0 Å². The van der Waals surface area contributed by atoms with Crippen LogP contribution in [-0.4, -0.2) is 42.8 Å². The maximum Gasteiger partial charge on any atom is 0.0825 e. The Morgan fingerprint density at radius 1 is 1.13 bits per heavy atom. The van der Waals surface area contributed by atoms with Crippen LogP contribution in [0.15, 0.2) is 46.7 Å². The molecule has 1 aromatic carbocycles. The van der Waals surface area contributed by atoms with Gasteiger partial charge in [0.05, 0.1) is 29.4 Å². The first-order chi connectivity index (χ1) is 14.5. The lowest BCUT2D eigenvalue weighted by atomic mass is 10.0. The number of nitrogens with two attached hydrogens (primary N) is 1. The predicted molar refractivity (Wildman–Crippen MR) is 129 cm³/mol. The first-order valence-corrected chi connectivity index (χ1v) is 11.1. The average molecular weight is 412 g/mol. The third-order valence-electron chi connectivity index (χ3n) is 5.31. The maximum atomic E-state index is 9.25. The first kappa shape index (κ1) is 23.7. The van der Waals surface area contributed by atoms with Crippen molar-refractivity contribution in [1.29, 1.82) is 5.41 Å². The lowest BCUT2D eigenvalue weighted by Crippen LogP contribution is -2.26. The van der Waals surface area contributed by atoms with Crippen LogP contribution in [0.5, 0.6) is 0 Å². The zero-order valence-electron chi connectivity index (χ0n) is 18.7. The molecule has 0 radical (unpaired) electrons. The molecule has 0 aromatic heterocycles. The molecule has 0 aliphatic heterocycles. The minimum absolute atomic E-state index is 0.130. The summed E-state index contributed by atoms with van der Waals surface area (Å²) in [7, 11) is 0. The summed E-state index contributed by atoms with van der Waals surface area (Å²) < 4.78 is 0. The van der Waals surface area contributed by atoms with Crippen molar-refractivity contribution in [3.8, 4) is 0 Å². The van der Waals surface area contributed by atoms with Crippen LogP contribution in [0.1, 0.15) is 51.5 Å². The van der Waals surface area contributed by atoms with Crippen LogP contribution in [0, 0.1) is 12.3 Å². The molecule has 0 amide bonds. The van der Waals surface area contributed by atoms with Crippen molar-refractivity contribution in [1.82, 2.24) is 0 Å². The quantitative estimate of drug-likeness (QED) is 0.303. The molecule has 0 saturated carbocycles. The van der Waals surface area contributed by atoms with E-state index in [-0.39, 0.29) is 6.61 Å². The van der Waals surface area contributed by atoms with E-state index in [0.717, 1.165) is 42.2 Å². The standard InChI is InChI=1S/C24H37N5O/c1-4-6-7-8-9-12-27-23-17-24(21(26)16-20(23)25)28-22-11-10-19(15-18(22)3)29(5-2)13-14-30/h10-11,15-17,26,28,30H,4-9,12-14,25H2,1-3H3. The average Bonchev–Trinajstić information content (AvgIpc) is 2.73. The van der Waals surface area contributed by atoms with Gasteiger partial charge in [0.15, 0.2) is 0 Å². The molecule has 1 aliphatic rings. The molecule has 2 rings (SSSR count). The van der Waals surface area contributed by atoms with E-state index >= 15 is 0 Å². The second kappa shape index (κ2) is 12.2. The number of hydrogen-bond donors (Lipinski definition) is 4. The Hall–Kier alpha value is -2.60. The minimum atomic E-state index is 0.130. The Morgan fingerprint density at radius 3 is 2.57 bits per heavy atom. The molecule has 0 spiro atoms. The number of hydrogen-bond acceptors (Lipinski definition) is 6. The molecule has 6 heteroatoms. The van der Waals surface area contributed by atoms with Crippen LogP contribution in [-0.2, 0) is 0 Å². The maximum absolute atomic E-state index is 9.25. The van der Waals surface area contributed by atoms with Gasteiger partial charge in [-0.15, -0.1) is 0 Å². The second-order valence-corrected chi connectivity index (χ2v) is 7.68. The van der Waals surface area contributed by atoms with E-state index < -0.39 is 0 Å². The monoisotopic (exact) mass is 411 g/mol. The van der Waals surface area contributed by atoms with Crippen molar-refractivity contribution in [2.75, 3.05) is 36.5 Å². The van der Waals surface area contributed by atoms with Crippen molar-refractivity contribution >= 4 is 22.8 Å². The van der Waals surface area contributed by atoms with Gasteiger partial charge in [0, 0.05) is 31.0 Å². The van der Waals surface area contributed by atoms with E-state index in [1.165, 1.54) is 25.7 Å². The molecule has 0 atom stereocenters. The highest BCUT2D eigenvalue weighted by molar-refractivity contribution is 6.23. The lowest BCUT2D eigenvalue weighted by Gasteiger charge is -2.24. The van der Waals surface area contributed by atoms with Gasteiger partial charge in [-0.3, -0.25) is 10.4 Å². The summed E-state index contributed by atoms with van der Waals surface area (Å²) in [6.07, 6.45) is 9.56. The number of nitrogens with zero attached hydrogens (tertiary/aromatic N) is 2. The number of rotatable bonds is 12. The van der Waals surface area contributed by atoms with E-state index in [0.29, 0.717) is 23.7 Å². The Morgan fingerprint density at radius 2 is 1.90 bits per heavy atom. The zero-order chi connectivity index (χ0) is 21.9. The third kappa shape index (κ3) is 6.73. The number of anilines is 2. The van der Waals surface area contributed by atoms with Crippen LogP contribution in [0.4, 0.5) is 11.4 Å². The highest BCUT2D eigenvalue weighted by atomic mass is 16.3. The Bertz CT molecular complexity index is 810. The fraction of sp³-hybridized carbons (Fsp3) is 0.500. The Balaban J connectivity index is 2.09. The number of aliphatic imine (C=N–C) groups is 1. The summed E-state index contributed by atoms with van der Waals surface area (Å²) >= 11 is 0. The number of aliphatic hydroxyl groups is 1. The highest BCUT2D eigenvalue weighted by Gasteiger charge is 2.15. The smallest absolute Gasteiger partial charge is 0.0825 e. The largest absolute Gasteiger partial charge is 0.397 e. The summed E-state index contributed by atoms with van der Waals surface area (Å²) in [5.41, 5.74) is 11.6. The van der Waals surface area contributed by atoms with Gasteiger partial charge in [-0.25, -0.2) is 0 Å². The first-order valence-electron chi connectivity index (χ1n) is 11.1. The molecule has 6 nitrogen and oxygen atoms in total. The summed E-state index contributed by atoms with van der Waals surface area (Å²) in [6.45, 7) is 8.67. The summed E-state index contributed by atoms with van der Waals surface area (Å²) in [6, 6.07) is 6.16. The van der Waals surface area contributed by atoms with Crippen LogP contribution < -0.4 is 16.0 Å². The van der Waals surface area contributed by atoms with Gasteiger partial charge in [0.25, 0.3) is 0 Å². The van der Waals surface area contributed by atoms with E-state index in [1.54, 1.807) is 6.08 Å². The SMILES string of the molecule is CCCCCCCN=C1C=C(Nc2ccc(N(CC)CCO)cc2C)C(=N)C=C1N. The molecule has 30 heavy (non-hydrogen) atoms. The molecule has 0 bridgehead atoms. The van der Waals surface area contributed by atoms with Crippen LogP contribution in [0.25, 0.3) is 0 Å². The third-order valence-corrected chi connectivity index (χ3v) is 5.31. The highest BCUT2D eigenvalue weighted by Crippen LogP contribution is 2.25. The number of nitrogens with one attached hydrogen (secondary N) is 2. The van der Waals surface area contributed by atoms with Crippen molar-refractivity contribution in [2.45, 2.75) is 52.9 Å². The number of benzene rings is 1. The number of allylic oxidation sites excluding steroid dienone is 2. The Kier molecular flexibility index (Phi) is 9.61. The molecule has 0 heterocycles. The fourth-order valence-corrected chi connectivity index (χ4v) is 3.48. The molecule has 0 unspecified atom stereocenters. The lowest BCUT2D eigenvalue weighted by molar-refractivity contribution is 0.302. The van der Waals surface area contributed by atoms with E-state index in [1.807, 2.05) is 25.1 Å². The van der Waals surface area contributed by atoms with E-state index in [4.69, 9.17) is 11.1 Å². The molecule has 1 aliphatic carbocycles. The second-order valence-electron chi connectivity index (χ2n) is 7.68. The molecular weight excluding hydrogens is 374 g/mol. The van der Waals surface area contributed by atoms with E-state index in [9.17, 15) is 5.11 Å². The number of aryl methyl sites for hydroxylation is 1. The van der Waals surface area contributed by atoms with Gasteiger partial charge >= 0.3 is 0 Å². The van der Waals surface area contributed by atoms with Gasteiger partial charge in [0.1, 0.15) is 0 Å². The van der Waals surface area contributed by atoms with Crippen LogP contribution >= 0.6 is 0 Å². The normalized spacial score (nSPS) is 15.2. The van der Waals surface area contributed by atoms with Gasteiger partial charge in [-0.05, 0) is 56.2 Å². The molecule has 0 saturated heterocycles. The number of likely N-dealkylation sites (N-methyl/N-ethyl adjacent to an activating group) is 1. The molecule has 164 valence electrons. The zero-order valence-corrected chi connectivity index (χ0v) is 18.7. The predicted octanol–water partition coefficient (Wildman–Crippen LogP) is 4.40. The van der Waals surface area contributed by atoms with Crippen molar-refractivity contribution in [3.05, 3.63) is 47.3 Å². The van der Waals surface area contributed by atoms with Crippen molar-refractivity contribution in [2.24, 2.45) is 10.7 Å². The minimum Gasteiger partial charge on any atom is -0.397 e. The number of unbranched alkanes of at least 4 members (excludes halogenated alkanes) is 4. The molecule has 0 fully saturated rings. The van der Waals surface area contributed by atoms with Gasteiger partial charge in [-0.1, -0.05) is 32.6 Å². The van der Waals surface area contributed by atoms with Crippen molar-refractivity contribution < 1.29 is 5.11 Å². The van der Waals surface area contributed by atoms with Gasteiger partial charge < -0.3 is 21.1 Å². The summed E-state index contributed by atoms with van der Waals surface area (Å²) in [5, 5.41) is 20.9. The Labute approximate surface area is 181 Å². The molecule has 5 N–H and O–H groups in total. The van der Waals surface area contributed by atoms with Gasteiger partial charge in [0.2, 0.25) is 0 Å².